The van der Waals surface area contributed by atoms with Crippen molar-refractivity contribution >= 4 is 56.7 Å². The average molecular weight is 561 g/mol. The largest absolute Gasteiger partial charge is 0.501 e. The van der Waals surface area contributed by atoms with Crippen LogP contribution in [-0.2, 0) is 19.4 Å². The number of thiophene rings is 1. The van der Waals surface area contributed by atoms with Crippen LogP contribution >= 0.6 is 33.9 Å². The molecule has 1 aromatic heterocycles. The number of amides is 1. The van der Waals surface area contributed by atoms with Gasteiger partial charge >= 0.3 is 5.69 Å². The van der Waals surface area contributed by atoms with Gasteiger partial charge < -0.3 is 10.4 Å². The highest BCUT2D eigenvalue weighted by atomic mass is 127. The number of aryl methyl sites for hydroxylation is 1. The van der Waals surface area contributed by atoms with Crippen molar-refractivity contribution in [1.29, 1.82) is 0 Å². The summed E-state index contributed by atoms with van der Waals surface area (Å²) >= 11 is 3.35. The van der Waals surface area contributed by atoms with Crippen LogP contribution in [0.2, 0.25) is 0 Å². The number of benzene rings is 2. The number of carbonyl (C=O) groups excluding carboxylic acids is 1. The van der Waals surface area contributed by atoms with Crippen molar-refractivity contribution in [2.75, 3.05) is 0 Å². The number of halogens is 1. The molecular formula is C23H20IN3O4S. The van der Waals surface area contributed by atoms with Crippen molar-refractivity contribution in [3.8, 4) is 5.75 Å². The summed E-state index contributed by atoms with van der Waals surface area (Å²) in [7, 11) is 0. The molecule has 2 aromatic carbocycles. The number of phenolic OH excluding ortho intramolecular Hbond substituents is 1. The van der Waals surface area contributed by atoms with Gasteiger partial charge in [-0.3, -0.25) is 14.9 Å². The van der Waals surface area contributed by atoms with Crippen LogP contribution < -0.4 is 5.32 Å². The first-order valence-electron chi connectivity index (χ1n) is 10.1. The van der Waals surface area contributed by atoms with Gasteiger partial charge in [0.25, 0.3) is 5.91 Å². The van der Waals surface area contributed by atoms with E-state index >= 15 is 0 Å². The highest BCUT2D eigenvalue weighted by Gasteiger charge is 2.25. The monoisotopic (exact) mass is 561 g/mol. The molecule has 0 spiro atoms. The molecule has 2 N–H and O–H groups in total. The number of hydrogen-bond acceptors (Lipinski definition) is 6. The first kappa shape index (κ1) is 22.4. The number of nitrogens with one attached hydrogen (secondary N) is 1. The number of rotatable bonds is 6. The number of fused-ring (bicyclic) bond motifs is 1. The number of nitro groups is 1. The van der Waals surface area contributed by atoms with Gasteiger partial charge in [0.1, 0.15) is 5.00 Å². The minimum Gasteiger partial charge on any atom is -0.501 e. The minimum absolute atomic E-state index is 0.160. The second-order valence-electron chi connectivity index (χ2n) is 7.45. The predicted molar refractivity (Wildman–Crippen MR) is 133 cm³/mol. The van der Waals surface area contributed by atoms with Gasteiger partial charge in [0.05, 0.1) is 14.1 Å². The van der Waals surface area contributed by atoms with Gasteiger partial charge in [0, 0.05) is 29.3 Å². The SMILES string of the molecule is O=C(NCc1ccccc1)c1c(N=Cc2cc(I)c(O)c([N+](=O)[O-])c2)sc2c1CCCC2. The van der Waals surface area contributed by atoms with Crippen LogP contribution in [0.15, 0.2) is 47.5 Å². The van der Waals surface area contributed by atoms with E-state index in [9.17, 15) is 20.0 Å². The van der Waals surface area contributed by atoms with E-state index in [1.54, 1.807) is 6.07 Å². The van der Waals surface area contributed by atoms with Crippen molar-refractivity contribution in [1.82, 2.24) is 5.32 Å². The third-order valence-corrected chi connectivity index (χ3v) is 7.29. The Morgan fingerprint density at radius 2 is 2.00 bits per heavy atom. The molecule has 32 heavy (non-hydrogen) atoms. The van der Waals surface area contributed by atoms with E-state index in [0.717, 1.165) is 36.8 Å². The highest BCUT2D eigenvalue weighted by molar-refractivity contribution is 14.1. The molecular weight excluding hydrogens is 541 g/mol. The lowest BCUT2D eigenvalue weighted by molar-refractivity contribution is -0.386. The molecule has 0 unspecified atom stereocenters. The predicted octanol–water partition coefficient (Wildman–Crippen LogP) is 5.53. The number of aliphatic imine (C=N–C) groups is 1. The fourth-order valence-corrected chi connectivity index (χ4v) is 5.56. The topological polar surface area (TPSA) is 105 Å². The van der Waals surface area contributed by atoms with Gasteiger partial charge in [0.15, 0.2) is 0 Å². The molecule has 0 saturated carbocycles. The van der Waals surface area contributed by atoms with E-state index in [0.29, 0.717) is 26.2 Å². The molecule has 0 bridgehead atoms. The van der Waals surface area contributed by atoms with Gasteiger partial charge in [-0.1, -0.05) is 30.3 Å². The van der Waals surface area contributed by atoms with Gasteiger partial charge in [-0.25, -0.2) is 4.99 Å². The zero-order valence-corrected chi connectivity index (χ0v) is 20.0. The highest BCUT2D eigenvalue weighted by Crippen LogP contribution is 2.40. The van der Waals surface area contributed by atoms with Crippen LogP contribution in [0.5, 0.6) is 5.75 Å². The number of hydrogen-bond donors (Lipinski definition) is 2. The van der Waals surface area contributed by atoms with Gasteiger partial charge in [-0.05, 0) is 65.5 Å². The van der Waals surface area contributed by atoms with Gasteiger partial charge in [-0.15, -0.1) is 11.3 Å². The Hall–Kier alpha value is -2.79. The molecule has 0 radical (unpaired) electrons. The molecule has 9 heteroatoms. The van der Waals surface area contributed by atoms with Crippen LogP contribution in [0.1, 0.15) is 44.8 Å². The summed E-state index contributed by atoms with van der Waals surface area (Å²) in [6.45, 7) is 0.426. The van der Waals surface area contributed by atoms with Gasteiger partial charge in [0.2, 0.25) is 5.75 Å². The van der Waals surface area contributed by atoms with Crippen molar-refractivity contribution < 1.29 is 14.8 Å². The third kappa shape index (κ3) is 4.83. The van der Waals surface area contributed by atoms with E-state index in [1.807, 2.05) is 52.9 Å². The molecule has 1 aliphatic rings. The molecule has 3 aromatic rings. The lowest BCUT2D eigenvalue weighted by Gasteiger charge is -2.12. The quantitative estimate of drug-likeness (QED) is 0.179. The molecule has 7 nitrogen and oxygen atoms in total. The van der Waals surface area contributed by atoms with Crippen LogP contribution in [0.3, 0.4) is 0 Å². The van der Waals surface area contributed by atoms with Crippen molar-refractivity contribution in [2.45, 2.75) is 32.2 Å². The first-order chi connectivity index (χ1) is 15.4. The zero-order chi connectivity index (χ0) is 22.7. The fraction of sp³-hybridized carbons (Fsp3) is 0.217. The standard InChI is InChI=1S/C23H20IN3O4S/c24-17-10-15(11-18(21(17)28)27(30)31)13-26-23-20(16-8-4-5-9-19(16)32-23)22(29)25-12-14-6-2-1-3-7-14/h1-3,6-7,10-11,13,28H,4-5,8-9,12H2,(H,25,29). The Morgan fingerprint density at radius 1 is 1.25 bits per heavy atom. The smallest absolute Gasteiger partial charge is 0.312 e. The minimum atomic E-state index is -0.624. The molecule has 1 heterocycles. The van der Waals surface area contributed by atoms with E-state index in [2.05, 4.69) is 10.3 Å². The Kier molecular flexibility index (Phi) is 6.85. The van der Waals surface area contributed by atoms with Gasteiger partial charge in [-0.2, -0.15) is 0 Å². The maximum atomic E-state index is 13.1. The van der Waals surface area contributed by atoms with Crippen molar-refractivity contribution in [2.24, 2.45) is 4.99 Å². The number of carbonyl (C=O) groups is 1. The summed E-state index contributed by atoms with van der Waals surface area (Å²) in [4.78, 5) is 29.4. The third-order valence-electron chi connectivity index (χ3n) is 5.27. The molecule has 0 aliphatic heterocycles. The Morgan fingerprint density at radius 3 is 2.75 bits per heavy atom. The van der Waals surface area contributed by atoms with E-state index < -0.39 is 4.92 Å². The maximum Gasteiger partial charge on any atom is 0.312 e. The summed E-state index contributed by atoms with van der Waals surface area (Å²) in [6, 6.07) is 12.6. The molecule has 0 saturated heterocycles. The van der Waals surface area contributed by atoms with Crippen molar-refractivity contribution in [3.63, 3.8) is 0 Å². The van der Waals surface area contributed by atoms with Crippen LogP contribution in [-0.4, -0.2) is 22.2 Å². The second-order valence-corrected chi connectivity index (χ2v) is 9.69. The Balaban J connectivity index is 1.65. The number of phenols is 1. The van der Waals surface area contributed by atoms with Crippen LogP contribution in [0.4, 0.5) is 10.7 Å². The zero-order valence-electron chi connectivity index (χ0n) is 17.0. The fourth-order valence-electron chi connectivity index (χ4n) is 3.69. The summed E-state index contributed by atoms with van der Waals surface area (Å²) < 4.78 is 0.365. The lowest BCUT2D eigenvalue weighted by Crippen LogP contribution is -2.24. The first-order valence-corrected chi connectivity index (χ1v) is 12.0. The number of nitrogens with zero attached hydrogens (tertiary/aromatic N) is 2. The molecule has 1 aliphatic carbocycles. The lowest BCUT2D eigenvalue weighted by atomic mass is 9.95. The maximum absolute atomic E-state index is 13.1. The Labute approximate surface area is 202 Å². The number of aromatic hydroxyl groups is 1. The summed E-state index contributed by atoms with van der Waals surface area (Å²) in [6.07, 6.45) is 5.41. The molecule has 1 amide bonds. The number of nitro benzene ring substituents is 1. The van der Waals surface area contributed by atoms with Crippen LogP contribution in [0.25, 0.3) is 0 Å². The van der Waals surface area contributed by atoms with E-state index in [-0.39, 0.29) is 17.3 Å². The molecule has 0 fully saturated rings. The molecule has 4 rings (SSSR count). The molecule has 164 valence electrons. The normalized spacial score (nSPS) is 13.2. The summed E-state index contributed by atoms with van der Waals surface area (Å²) in [5.74, 6) is -0.521. The second kappa shape index (κ2) is 9.78. The Bertz CT molecular complexity index is 1210. The molecule has 0 atom stereocenters. The van der Waals surface area contributed by atoms with Crippen LogP contribution in [0, 0.1) is 13.7 Å². The summed E-state index contributed by atoms with van der Waals surface area (Å²) in [5.41, 5.74) is 2.79. The van der Waals surface area contributed by atoms with E-state index in [1.165, 1.54) is 28.5 Å². The van der Waals surface area contributed by atoms with E-state index in [4.69, 9.17) is 0 Å². The average Bonchev–Trinajstić information content (AvgIpc) is 3.17. The summed E-state index contributed by atoms with van der Waals surface area (Å²) in [5, 5.41) is 24.7. The van der Waals surface area contributed by atoms with Crippen molar-refractivity contribution in [3.05, 3.63) is 83.3 Å².